The fourth-order valence-corrected chi connectivity index (χ4v) is 1.28. The molecule has 0 atom stereocenters. The summed E-state index contributed by atoms with van der Waals surface area (Å²) in [6.07, 6.45) is 1.61. The van der Waals surface area contributed by atoms with Crippen molar-refractivity contribution in [3.63, 3.8) is 0 Å². The van der Waals surface area contributed by atoms with E-state index in [1.54, 1.807) is 0 Å². The first-order valence-electron chi connectivity index (χ1n) is 3.71. The van der Waals surface area contributed by atoms with E-state index in [-0.39, 0.29) is 0 Å². The van der Waals surface area contributed by atoms with E-state index in [0.717, 1.165) is 19.5 Å². The Morgan fingerprint density at radius 3 is 2.30 bits per heavy atom. The fraction of sp³-hybridized carbons (Fsp3) is 1.00. The molecule has 0 rings (SSSR count). The van der Waals surface area contributed by atoms with Crippen LogP contribution in [0.15, 0.2) is 0 Å². The number of hydrogen-bond donors (Lipinski definition) is 3. The van der Waals surface area contributed by atoms with Crippen molar-refractivity contribution in [3.05, 3.63) is 0 Å². The zero-order chi connectivity index (χ0) is 8.04. The Balaban J connectivity index is 3.04. The summed E-state index contributed by atoms with van der Waals surface area (Å²) in [6, 6.07) is 0. The Hall–Kier alpha value is 0.310. The van der Waals surface area contributed by atoms with Gasteiger partial charge in [-0.15, -0.1) is 0 Å². The average molecular weight is 167 g/mol. The van der Waals surface area contributed by atoms with Crippen molar-refractivity contribution in [2.24, 2.45) is 0 Å². The minimum absolute atomic E-state index is 0.521. The molecule has 0 fully saturated rings. The molecule has 0 spiro atoms. The Morgan fingerprint density at radius 2 is 1.90 bits per heavy atom. The Morgan fingerprint density at radius 1 is 1.30 bits per heavy atom. The third-order valence-corrected chi connectivity index (χ3v) is 2.40. The molecule has 4 heteroatoms. The van der Waals surface area contributed by atoms with Gasteiger partial charge in [0.15, 0.2) is 0 Å². The standard InChI is InChI=1S/C6H18NO2P/c1-3-4-7-5-6-10(2,8)9/h7-10H,3-6H2,1-2H3. The fourth-order valence-electron chi connectivity index (χ4n) is 0.627. The van der Waals surface area contributed by atoms with Crippen molar-refractivity contribution in [1.29, 1.82) is 0 Å². The van der Waals surface area contributed by atoms with Gasteiger partial charge in [-0.1, -0.05) is 0 Å². The van der Waals surface area contributed by atoms with E-state index in [4.69, 9.17) is 9.79 Å². The SMILES string of the molecule is CCCNCC[PH](C)(O)O. The predicted molar refractivity (Wildman–Crippen MR) is 46.7 cm³/mol. The van der Waals surface area contributed by atoms with E-state index in [2.05, 4.69) is 12.2 Å². The number of rotatable bonds is 5. The van der Waals surface area contributed by atoms with Gasteiger partial charge >= 0.3 is 62.1 Å². The van der Waals surface area contributed by atoms with Crippen molar-refractivity contribution in [1.82, 2.24) is 5.32 Å². The van der Waals surface area contributed by atoms with Crippen LogP contribution < -0.4 is 5.32 Å². The van der Waals surface area contributed by atoms with E-state index in [1.165, 1.54) is 6.66 Å². The second-order valence-corrected chi connectivity index (χ2v) is 5.65. The van der Waals surface area contributed by atoms with Crippen LogP contribution in [-0.2, 0) is 0 Å². The maximum atomic E-state index is 8.97. The summed E-state index contributed by atoms with van der Waals surface area (Å²) in [5.41, 5.74) is 0. The van der Waals surface area contributed by atoms with Gasteiger partial charge in [0.2, 0.25) is 0 Å². The van der Waals surface area contributed by atoms with Gasteiger partial charge < -0.3 is 0 Å². The summed E-state index contributed by atoms with van der Waals surface area (Å²) in [5.74, 6) is 0. The van der Waals surface area contributed by atoms with Crippen LogP contribution in [-0.4, -0.2) is 35.7 Å². The molecule has 0 aliphatic rings. The molecule has 0 aromatic carbocycles. The quantitative estimate of drug-likeness (QED) is 0.404. The topological polar surface area (TPSA) is 52.5 Å². The zero-order valence-electron chi connectivity index (χ0n) is 6.72. The third-order valence-electron chi connectivity index (χ3n) is 1.20. The molecule has 0 heterocycles. The van der Waals surface area contributed by atoms with Gasteiger partial charge in [-0.05, 0) is 0 Å². The van der Waals surface area contributed by atoms with Gasteiger partial charge in [0.25, 0.3) is 0 Å². The molecular weight excluding hydrogens is 149 g/mol. The summed E-state index contributed by atoms with van der Waals surface area (Å²) in [7, 11) is -2.77. The molecule has 0 radical (unpaired) electrons. The van der Waals surface area contributed by atoms with Gasteiger partial charge in [-0.2, -0.15) is 0 Å². The van der Waals surface area contributed by atoms with Crippen molar-refractivity contribution in [3.8, 4) is 0 Å². The minimum atomic E-state index is -2.77. The van der Waals surface area contributed by atoms with Gasteiger partial charge in [0.1, 0.15) is 0 Å². The molecule has 3 nitrogen and oxygen atoms in total. The van der Waals surface area contributed by atoms with Crippen LogP contribution in [0.3, 0.4) is 0 Å². The van der Waals surface area contributed by atoms with Crippen LogP contribution in [0.1, 0.15) is 13.3 Å². The number of nitrogens with one attached hydrogen (secondary N) is 1. The van der Waals surface area contributed by atoms with Gasteiger partial charge in [-0.25, -0.2) is 0 Å². The summed E-state index contributed by atoms with van der Waals surface area (Å²) in [5, 5.41) is 3.11. The average Bonchev–Trinajstić information content (AvgIpc) is 1.78. The molecule has 10 heavy (non-hydrogen) atoms. The van der Waals surface area contributed by atoms with Crippen molar-refractivity contribution in [2.45, 2.75) is 13.3 Å². The maximum absolute atomic E-state index is 8.97. The van der Waals surface area contributed by atoms with Crippen molar-refractivity contribution < 1.29 is 9.79 Å². The van der Waals surface area contributed by atoms with Crippen LogP contribution in [0.4, 0.5) is 0 Å². The molecule has 64 valence electrons. The monoisotopic (exact) mass is 167 g/mol. The van der Waals surface area contributed by atoms with Crippen LogP contribution in [0.25, 0.3) is 0 Å². The van der Waals surface area contributed by atoms with E-state index < -0.39 is 7.72 Å². The van der Waals surface area contributed by atoms with Crippen molar-refractivity contribution in [2.75, 3.05) is 25.9 Å². The van der Waals surface area contributed by atoms with Gasteiger partial charge in [-0.3, -0.25) is 0 Å². The van der Waals surface area contributed by atoms with Crippen molar-refractivity contribution >= 4 is 7.72 Å². The molecule has 0 aliphatic heterocycles. The summed E-state index contributed by atoms with van der Waals surface area (Å²) < 4.78 is 0. The van der Waals surface area contributed by atoms with Gasteiger partial charge in [0, 0.05) is 0 Å². The van der Waals surface area contributed by atoms with E-state index in [9.17, 15) is 0 Å². The van der Waals surface area contributed by atoms with Crippen LogP contribution in [0.2, 0.25) is 0 Å². The Bertz CT molecular complexity index is 82.3. The Labute approximate surface area is 63.0 Å². The molecule has 0 saturated heterocycles. The molecule has 0 aliphatic carbocycles. The molecule has 0 aromatic rings. The molecule has 0 amide bonds. The second-order valence-electron chi connectivity index (χ2n) is 2.72. The predicted octanol–water partition coefficient (Wildman–Crippen LogP) is 0.180. The molecule has 0 aromatic heterocycles. The Kier molecular flexibility index (Phi) is 5.18. The first kappa shape index (κ1) is 10.3. The van der Waals surface area contributed by atoms with E-state index >= 15 is 0 Å². The first-order chi connectivity index (χ1) is 4.56. The third kappa shape index (κ3) is 8.31. The summed E-state index contributed by atoms with van der Waals surface area (Å²) in [4.78, 5) is 17.9. The van der Waals surface area contributed by atoms with E-state index in [1.807, 2.05) is 0 Å². The first-order valence-corrected chi connectivity index (χ1v) is 6.32. The molecule has 3 N–H and O–H groups in total. The molecule has 0 saturated carbocycles. The normalized spacial score (nSPS) is 13.6. The van der Waals surface area contributed by atoms with Gasteiger partial charge in [0.05, 0.1) is 0 Å². The van der Waals surface area contributed by atoms with E-state index in [0.29, 0.717) is 6.16 Å². The second kappa shape index (κ2) is 5.03. The van der Waals surface area contributed by atoms with Crippen LogP contribution >= 0.6 is 7.72 Å². The number of hydrogen-bond acceptors (Lipinski definition) is 3. The molecular formula is C6H18NO2P. The summed E-state index contributed by atoms with van der Waals surface area (Å²) in [6.45, 7) is 5.30. The molecule has 0 unspecified atom stereocenters. The van der Waals surface area contributed by atoms with Crippen LogP contribution in [0, 0.1) is 0 Å². The van der Waals surface area contributed by atoms with Crippen LogP contribution in [0.5, 0.6) is 0 Å². The summed E-state index contributed by atoms with van der Waals surface area (Å²) >= 11 is 0. The zero-order valence-corrected chi connectivity index (χ0v) is 7.72. The molecule has 0 bridgehead atoms.